The normalized spacial score (nSPS) is 10.6. The smallest absolute Gasteiger partial charge is 0.150 e. The average Bonchev–Trinajstić information content (AvgIpc) is 2.37. The van der Waals surface area contributed by atoms with E-state index in [1.807, 2.05) is 38.1 Å². The Kier molecular flexibility index (Phi) is 4.38. The van der Waals surface area contributed by atoms with Crippen LogP contribution in [0.4, 0.5) is 0 Å². The number of hydrogen-bond donors (Lipinski definition) is 0. The molecule has 0 bridgehead atoms. The van der Waals surface area contributed by atoms with Gasteiger partial charge in [-0.25, -0.2) is 0 Å². The Morgan fingerprint density at radius 1 is 1.11 bits per heavy atom. The molecule has 2 aromatic rings. The van der Waals surface area contributed by atoms with Gasteiger partial charge in [0, 0.05) is 5.56 Å². The molecule has 0 amide bonds. The number of alkyl halides is 1. The molecule has 2 rings (SSSR count). The van der Waals surface area contributed by atoms with E-state index in [0.717, 1.165) is 22.4 Å². The number of aryl methyl sites for hydroxylation is 2. The molecule has 0 atom stereocenters. The van der Waals surface area contributed by atoms with Gasteiger partial charge in [0.1, 0.15) is 11.5 Å². The monoisotopic (exact) mass is 294 g/mol. The third kappa shape index (κ3) is 3.05. The topological polar surface area (TPSA) is 9.23 Å². The SMILES string of the molecule is Cc1cc(C)c(C)c(Oc2c(Cl)cccc2CCl)c1. The summed E-state index contributed by atoms with van der Waals surface area (Å²) in [6, 6.07) is 9.76. The first kappa shape index (κ1) is 14.2. The molecular formula is C16H16Cl2O. The van der Waals surface area contributed by atoms with Crippen LogP contribution in [0.25, 0.3) is 0 Å². The van der Waals surface area contributed by atoms with E-state index in [1.54, 1.807) is 0 Å². The molecule has 100 valence electrons. The van der Waals surface area contributed by atoms with Crippen molar-refractivity contribution < 1.29 is 4.74 Å². The van der Waals surface area contributed by atoms with Crippen LogP contribution in [0, 0.1) is 20.8 Å². The summed E-state index contributed by atoms with van der Waals surface area (Å²) >= 11 is 12.1. The predicted molar refractivity (Wildman–Crippen MR) is 81.7 cm³/mol. The highest BCUT2D eigenvalue weighted by Crippen LogP contribution is 2.36. The van der Waals surface area contributed by atoms with E-state index in [9.17, 15) is 0 Å². The minimum atomic E-state index is 0.375. The number of hydrogen-bond acceptors (Lipinski definition) is 1. The molecule has 3 heteroatoms. The summed E-state index contributed by atoms with van der Waals surface area (Å²) in [7, 11) is 0. The molecule has 0 saturated carbocycles. The molecule has 0 spiro atoms. The van der Waals surface area contributed by atoms with Crippen LogP contribution in [0.1, 0.15) is 22.3 Å². The lowest BCUT2D eigenvalue weighted by molar-refractivity contribution is 0.474. The van der Waals surface area contributed by atoms with Crippen molar-refractivity contribution in [3.8, 4) is 11.5 Å². The fourth-order valence-electron chi connectivity index (χ4n) is 1.99. The average molecular weight is 295 g/mol. The summed E-state index contributed by atoms with van der Waals surface area (Å²) < 4.78 is 6.01. The fraction of sp³-hybridized carbons (Fsp3) is 0.250. The zero-order valence-electron chi connectivity index (χ0n) is 11.3. The van der Waals surface area contributed by atoms with Crippen LogP contribution in [-0.4, -0.2) is 0 Å². The van der Waals surface area contributed by atoms with Gasteiger partial charge in [-0.15, -0.1) is 11.6 Å². The minimum absolute atomic E-state index is 0.375. The van der Waals surface area contributed by atoms with Crippen LogP contribution >= 0.6 is 23.2 Å². The lowest BCUT2D eigenvalue weighted by atomic mass is 10.1. The van der Waals surface area contributed by atoms with Crippen molar-refractivity contribution >= 4 is 23.2 Å². The predicted octanol–water partition coefficient (Wildman–Crippen LogP) is 5.80. The van der Waals surface area contributed by atoms with E-state index in [2.05, 4.69) is 13.0 Å². The summed E-state index contributed by atoms with van der Waals surface area (Å²) in [5, 5.41) is 0.580. The van der Waals surface area contributed by atoms with Gasteiger partial charge in [0.15, 0.2) is 0 Å². The third-order valence-corrected chi connectivity index (χ3v) is 3.75. The molecular weight excluding hydrogens is 279 g/mol. The van der Waals surface area contributed by atoms with Gasteiger partial charge < -0.3 is 4.74 Å². The van der Waals surface area contributed by atoms with Crippen LogP contribution in [0.2, 0.25) is 5.02 Å². The van der Waals surface area contributed by atoms with Gasteiger partial charge in [0.2, 0.25) is 0 Å². The maximum atomic E-state index is 6.21. The van der Waals surface area contributed by atoms with Gasteiger partial charge in [-0.1, -0.05) is 29.8 Å². The van der Waals surface area contributed by atoms with E-state index in [-0.39, 0.29) is 0 Å². The second kappa shape index (κ2) is 5.85. The first-order chi connectivity index (χ1) is 9.02. The number of para-hydroxylation sites is 1. The highest BCUT2D eigenvalue weighted by atomic mass is 35.5. The Hall–Kier alpha value is -1.18. The van der Waals surface area contributed by atoms with Crippen molar-refractivity contribution in [3.63, 3.8) is 0 Å². The highest BCUT2D eigenvalue weighted by molar-refractivity contribution is 6.32. The zero-order valence-corrected chi connectivity index (χ0v) is 12.8. The molecule has 0 N–H and O–H groups in total. The Balaban J connectivity index is 2.47. The lowest BCUT2D eigenvalue weighted by Gasteiger charge is -2.15. The molecule has 1 nitrogen and oxygen atoms in total. The molecule has 19 heavy (non-hydrogen) atoms. The molecule has 2 aromatic carbocycles. The summed E-state index contributed by atoms with van der Waals surface area (Å²) in [6.07, 6.45) is 0. The molecule has 0 radical (unpaired) electrons. The first-order valence-electron chi connectivity index (χ1n) is 6.12. The van der Waals surface area contributed by atoms with Crippen molar-refractivity contribution in [2.24, 2.45) is 0 Å². The molecule has 0 aliphatic rings. The van der Waals surface area contributed by atoms with E-state index < -0.39 is 0 Å². The number of rotatable bonds is 3. The number of halogens is 2. The molecule has 0 fully saturated rings. The summed E-state index contributed by atoms with van der Waals surface area (Å²) in [6.45, 7) is 6.17. The van der Waals surface area contributed by atoms with Gasteiger partial charge in [-0.05, 0) is 49.6 Å². The maximum absolute atomic E-state index is 6.21. The molecule has 0 aliphatic carbocycles. The van der Waals surface area contributed by atoms with Crippen LogP contribution in [-0.2, 0) is 5.88 Å². The Labute approximate surface area is 124 Å². The fourth-order valence-corrected chi connectivity index (χ4v) is 2.43. The van der Waals surface area contributed by atoms with Gasteiger partial charge in [-0.3, -0.25) is 0 Å². The molecule has 0 aliphatic heterocycles. The summed E-state index contributed by atoms with van der Waals surface area (Å²) in [4.78, 5) is 0. The standard InChI is InChI=1S/C16H16Cl2O/c1-10-7-11(2)12(3)15(8-10)19-16-13(9-17)5-4-6-14(16)18/h4-8H,9H2,1-3H3. The van der Waals surface area contributed by atoms with Gasteiger partial charge in [-0.2, -0.15) is 0 Å². The number of ether oxygens (including phenoxy) is 1. The van der Waals surface area contributed by atoms with Crippen molar-refractivity contribution in [3.05, 3.63) is 57.6 Å². The molecule has 0 unspecified atom stereocenters. The zero-order chi connectivity index (χ0) is 14.0. The van der Waals surface area contributed by atoms with Crippen molar-refractivity contribution in [1.29, 1.82) is 0 Å². The summed E-state index contributed by atoms with van der Waals surface area (Å²) in [5.74, 6) is 1.85. The van der Waals surface area contributed by atoms with Gasteiger partial charge in [0.05, 0.1) is 10.9 Å². The molecule has 0 aromatic heterocycles. The third-order valence-electron chi connectivity index (χ3n) is 3.17. The van der Waals surface area contributed by atoms with E-state index in [4.69, 9.17) is 27.9 Å². The Morgan fingerprint density at radius 3 is 2.53 bits per heavy atom. The largest absolute Gasteiger partial charge is 0.455 e. The number of benzene rings is 2. The van der Waals surface area contributed by atoms with Gasteiger partial charge in [0.25, 0.3) is 0 Å². The van der Waals surface area contributed by atoms with Crippen LogP contribution in [0.3, 0.4) is 0 Å². The lowest BCUT2D eigenvalue weighted by Crippen LogP contribution is -1.95. The molecule has 0 heterocycles. The van der Waals surface area contributed by atoms with Gasteiger partial charge >= 0.3 is 0 Å². The minimum Gasteiger partial charge on any atom is -0.455 e. The van der Waals surface area contributed by atoms with Crippen LogP contribution in [0.15, 0.2) is 30.3 Å². The quantitative estimate of drug-likeness (QED) is 0.650. The van der Waals surface area contributed by atoms with E-state index in [0.29, 0.717) is 16.7 Å². The van der Waals surface area contributed by atoms with Crippen molar-refractivity contribution in [2.75, 3.05) is 0 Å². The van der Waals surface area contributed by atoms with E-state index >= 15 is 0 Å². The van der Waals surface area contributed by atoms with E-state index in [1.165, 1.54) is 5.56 Å². The van der Waals surface area contributed by atoms with Crippen molar-refractivity contribution in [1.82, 2.24) is 0 Å². The highest BCUT2D eigenvalue weighted by Gasteiger charge is 2.11. The maximum Gasteiger partial charge on any atom is 0.150 e. The van der Waals surface area contributed by atoms with Crippen LogP contribution < -0.4 is 4.74 Å². The molecule has 0 saturated heterocycles. The second-order valence-corrected chi connectivity index (χ2v) is 5.34. The summed E-state index contributed by atoms with van der Waals surface area (Å²) in [5.41, 5.74) is 4.38. The Morgan fingerprint density at radius 2 is 1.84 bits per heavy atom. The van der Waals surface area contributed by atoms with Crippen molar-refractivity contribution in [2.45, 2.75) is 26.7 Å². The Bertz CT molecular complexity index is 606. The first-order valence-corrected chi connectivity index (χ1v) is 7.03. The second-order valence-electron chi connectivity index (χ2n) is 4.67. The van der Waals surface area contributed by atoms with Crippen LogP contribution in [0.5, 0.6) is 11.5 Å².